The SMILES string of the molecule is CCC1(C)CNC(CC(C)C)CN1CC1CCC1. The van der Waals surface area contributed by atoms with Crippen LogP contribution in [0, 0.1) is 11.8 Å². The largest absolute Gasteiger partial charge is 0.311 e. The van der Waals surface area contributed by atoms with Gasteiger partial charge in [-0.15, -0.1) is 0 Å². The number of hydrogen-bond donors (Lipinski definition) is 1. The van der Waals surface area contributed by atoms with Gasteiger partial charge in [0.2, 0.25) is 0 Å². The van der Waals surface area contributed by atoms with Gasteiger partial charge in [-0.1, -0.05) is 27.2 Å². The van der Waals surface area contributed by atoms with E-state index in [-0.39, 0.29) is 0 Å². The van der Waals surface area contributed by atoms with E-state index in [1.807, 2.05) is 0 Å². The summed E-state index contributed by atoms with van der Waals surface area (Å²) in [6.45, 7) is 13.3. The minimum absolute atomic E-state index is 0.392. The van der Waals surface area contributed by atoms with E-state index in [1.165, 1.54) is 51.7 Å². The maximum atomic E-state index is 3.79. The highest BCUT2D eigenvalue weighted by atomic mass is 15.3. The highest BCUT2D eigenvalue weighted by Crippen LogP contribution is 2.32. The molecule has 2 nitrogen and oxygen atoms in total. The summed E-state index contributed by atoms with van der Waals surface area (Å²) in [6.07, 6.45) is 6.99. The Morgan fingerprint density at radius 3 is 2.56 bits per heavy atom. The second-order valence-electron chi connectivity index (χ2n) is 7.26. The lowest BCUT2D eigenvalue weighted by Crippen LogP contribution is -2.64. The molecule has 2 rings (SSSR count). The van der Waals surface area contributed by atoms with Gasteiger partial charge in [0, 0.05) is 31.2 Å². The zero-order valence-electron chi connectivity index (χ0n) is 12.8. The Morgan fingerprint density at radius 2 is 2.06 bits per heavy atom. The molecule has 0 radical (unpaired) electrons. The van der Waals surface area contributed by atoms with Gasteiger partial charge in [0.05, 0.1) is 0 Å². The normalized spacial score (nSPS) is 34.8. The summed E-state index contributed by atoms with van der Waals surface area (Å²) in [4.78, 5) is 2.81. The monoisotopic (exact) mass is 252 g/mol. The summed E-state index contributed by atoms with van der Waals surface area (Å²) in [7, 11) is 0. The number of piperazine rings is 1. The standard InChI is InChI=1S/C16H32N2/c1-5-16(4)12-17-15(9-13(2)3)11-18(16)10-14-7-6-8-14/h13-15,17H,5-12H2,1-4H3. The predicted molar refractivity (Wildman–Crippen MR) is 78.9 cm³/mol. The van der Waals surface area contributed by atoms with Gasteiger partial charge in [0.15, 0.2) is 0 Å². The van der Waals surface area contributed by atoms with Crippen LogP contribution in [0.1, 0.15) is 59.8 Å². The maximum absolute atomic E-state index is 3.79. The quantitative estimate of drug-likeness (QED) is 0.808. The summed E-state index contributed by atoms with van der Waals surface area (Å²) in [5.74, 6) is 1.80. The zero-order chi connectivity index (χ0) is 13.2. The highest BCUT2D eigenvalue weighted by Gasteiger charge is 2.38. The molecule has 2 atom stereocenters. The van der Waals surface area contributed by atoms with E-state index in [0.717, 1.165) is 11.8 Å². The van der Waals surface area contributed by atoms with E-state index in [9.17, 15) is 0 Å². The first kappa shape index (κ1) is 14.3. The van der Waals surface area contributed by atoms with Crippen LogP contribution >= 0.6 is 0 Å². The van der Waals surface area contributed by atoms with E-state index in [2.05, 4.69) is 37.9 Å². The molecule has 18 heavy (non-hydrogen) atoms. The van der Waals surface area contributed by atoms with Gasteiger partial charge in [-0.05, 0) is 44.4 Å². The average molecular weight is 252 g/mol. The van der Waals surface area contributed by atoms with Crippen molar-refractivity contribution < 1.29 is 0 Å². The molecule has 0 amide bonds. The van der Waals surface area contributed by atoms with Crippen molar-refractivity contribution in [3.63, 3.8) is 0 Å². The van der Waals surface area contributed by atoms with Crippen molar-refractivity contribution in [3.8, 4) is 0 Å². The van der Waals surface area contributed by atoms with Crippen LogP contribution in [0.4, 0.5) is 0 Å². The maximum Gasteiger partial charge on any atom is 0.0304 e. The highest BCUT2D eigenvalue weighted by molar-refractivity contribution is 4.96. The molecule has 0 aromatic heterocycles. The van der Waals surface area contributed by atoms with Gasteiger partial charge in [-0.2, -0.15) is 0 Å². The van der Waals surface area contributed by atoms with Crippen molar-refractivity contribution in [3.05, 3.63) is 0 Å². The molecule has 2 heteroatoms. The summed E-state index contributed by atoms with van der Waals surface area (Å²) in [5, 5.41) is 3.79. The number of nitrogens with one attached hydrogen (secondary N) is 1. The van der Waals surface area contributed by atoms with E-state index in [0.29, 0.717) is 11.6 Å². The second kappa shape index (κ2) is 5.92. The van der Waals surface area contributed by atoms with Gasteiger partial charge in [0.25, 0.3) is 0 Å². The third-order valence-corrected chi connectivity index (χ3v) is 5.20. The van der Waals surface area contributed by atoms with Crippen molar-refractivity contribution in [2.24, 2.45) is 11.8 Å². The molecule has 2 fully saturated rings. The third-order valence-electron chi connectivity index (χ3n) is 5.20. The lowest BCUT2D eigenvalue weighted by atomic mass is 9.82. The molecule has 1 N–H and O–H groups in total. The average Bonchev–Trinajstić information content (AvgIpc) is 2.27. The Morgan fingerprint density at radius 1 is 1.33 bits per heavy atom. The van der Waals surface area contributed by atoms with Gasteiger partial charge in [-0.25, -0.2) is 0 Å². The predicted octanol–water partition coefficient (Wildman–Crippen LogP) is 3.28. The topological polar surface area (TPSA) is 15.3 Å². The zero-order valence-corrected chi connectivity index (χ0v) is 12.8. The van der Waals surface area contributed by atoms with E-state index in [4.69, 9.17) is 0 Å². The van der Waals surface area contributed by atoms with Gasteiger partial charge >= 0.3 is 0 Å². The molecular weight excluding hydrogens is 220 g/mol. The fourth-order valence-electron chi connectivity index (χ4n) is 3.38. The fraction of sp³-hybridized carbons (Fsp3) is 1.00. The molecular formula is C16H32N2. The van der Waals surface area contributed by atoms with E-state index >= 15 is 0 Å². The van der Waals surface area contributed by atoms with Gasteiger partial charge in [-0.3, -0.25) is 4.90 Å². The number of rotatable bonds is 5. The van der Waals surface area contributed by atoms with E-state index < -0.39 is 0 Å². The van der Waals surface area contributed by atoms with Gasteiger partial charge < -0.3 is 5.32 Å². The molecule has 0 spiro atoms. The number of nitrogens with zero attached hydrogens (tertiary/aromatic N) is 1. The first-order valence-electron chi connectivity index (χ1n) is 8.02. The third kappa shape index (κ3) is 3.27. The molecule has 2 aliphatic rings. The minimum Gasteiger partial charge on any atom is -0.311 e. The minimum atomic E-state index is 0.392. The summed E-state index contributed by atoms with van der Waals surface area (Å²) >= 11 is 0. The van der Waals surface area contributed by atoms with Crippen LogP contribution in [-0.4, -0.2) is 36.1 Å². The first-order chi connectivity index (χ1) is 8.53. The van der Waals surface area contributed by atoms with Crippen molar-refractivity contribution in [1.29, 1.82) is 0 Å². The van der Waals surface area contributed by atoms with Crippen LogP contribution in [0.25, 0.3) is 0 Å². The van der Waals surface area contributed by atoms with Crippen LogP contribution in [0.15, 0.2) is 0 Å². The smallest absolute Gasteiger partial charge is 0.0304 e. The molecule has 1 aliphatic heterocycles. The molecule has 1 aliphatic carbocycles. The Bertz CT molecular complexity index is 260. The Balaban J connectivity index is 1.94. The molecule has 0 bridgehead atoms. The molecule has 1 saturated carbocycles. The lowest BCUT2D eigenvalue weighted by molar-refractivity contribution is 0.0193. The van der Waals surface area contributed by atoms with Crippen LogP contribution in [0.3, 0.4) is 0 Å². The molecule has 1 heterocycles. The van der Waals surface area contributed by atoms with E-state index in [1.54, 1.807) is 0 Å². The molecule has 2 unspecified atom stereocenters. The van der Waals surface area contributed by atoms with Crippen LogP contribution < -0.4 is 5.32 Å². The lowest BCUT2D eigenvalue weighted by Gasteiger charge is -2.50. The number of hydrogen-bond acceptors (Lipinski definition) is 2. The van der Waals surface area contributed by atoms with Crippen molar-refractivity contribution in [2.75, 3.05) is 19.6 Å². The molecule has 106 valence electrons. The first-order valence-corrected chi connectivity index (χ1v) is 8.02. The van der Waals surface area contributed by atoms with Crippen LogP contribution in [-0.2, 0) is 0 Å². The van der Waals surface area contributed by atoms with Gasteiger partial charge in [0.1, 0.15) is 0 Å². The Labute approximate surface area is 114 Å². The van der Waals surface area contributed by atoms with Crippen LogP contribution in [0.5, 0.6) is 0 Å². The molecule has 1 saturated heterocycles. The fourth-order valence-corrected chi connectivity index (χ4v) is 3.38. The molecule has 0 aromatic rings. The Hall–Kier alpha value is -0.0800. The van der Waals surface area contributed by atoms with Crippen molar-refractivity contribution in [2.45, 2.75) is 71.4 Å². The summed E-state index contributed by atoms with van der Waals surface area (Å²) < 4.78 is 0. The Kier molecular flexibility index (Phi) is 4.71. The second-order valence-corrected chi connectivity index (χ2v) is 7.26. The summed E-state index contributed by atoms with van der Waals surface area (Å²) in [6, 6.07) is 0.713. The summed E-state index contributed by atoms with van der Waals surface area (Å²) in [5.41, 5.74) is 0.392. The van der Waals surface area contributed by atoms with Crippen LogP contribution in [0.2, 0.25) is 0 Å². The van der Waals surface area contributed by atoms with Crippen molar-refractivity contribution >= 4 is 0 Å². The van der Waals surface area contributed by atoms with Crippen molar-refractivity contribution in [1.82, 2.24) is 10.2 Å². The molecule has 0 aromatic carbocycles.